The summed E-state index contributed by atoms with van der Waals surface area (Å²) in [5, 5.41) is 9.40. The molecule has 0 aliphatic carbocycles. The van der Waals surface area contributed by atoms with Crippen LogP contribution in [-0.4, -0.2) is 4.98 Å². The Morgan fingerprint density at radius 2 is 1.37 bits per heavy atom. The number of pyridine rings is 1. The Labute approximate surface area is 134 Å². The number of halogens is 5. The van der Waals surface area contributed by atoms with Crippen molar-refractivity contribution < 1.29 is 0 Å². The minimum absolute atomic E-state index is 0.0820. The Morgan fingerprint density at radius 1 is 0.842 bits per heavy atom. The standard InChI is InChI=1S/C12H3Cl5N2/c13-8-7(6-3-1-2-5(4-18)19-6)9(14)11(16)12(17)10(8)15/h1-3H. The zero-order valence-corrected chi connectivity index (χ0v) is 12.8. The summed E-state index contributed by atoms with van der Waals surface area (Å²) in [5.74, 6) is 0. The van der Waals surface area contributed by atoms with E-state index in [1.165, 1.54) is 0 Å². The van der Waals surface area contributed by atoms with Gasteiger partial charge in [-0.1, -0.05) is 64.1 Å². The number of hydrogen-bond acceptors (Lipinski definition) is 2. The van der Waals surface area contributed by atoms with Crippen molar-refractivity contribution in [3.63, 3.8) is 0 Å². The molecular formula is C12H3Cl5N2. The molecule has 0 saturated carbocycles. The van der Waals surface area contributed by atoms with Crippen molar-refractivity contribution in [2.75, 3.05) is 0 Å². The fourth-order valence-electron chi connectivity index (χ4n) is 1.47. The van der Waals surface area contributed by atoms with E-state index >= 15 is 0 Å². The molecule has 0 atom stereocenters. The molecule has 0 radical (unpaired) electrons. The van der Waals surface area contributed by atoms with Gasteiger partial charge in [0.1, 0.15) is 11.8 Å². The minimum atomic E-state index is 0.0820. The monoisotopic (exact) mass is 350 g/mol. The van der Waals surface area contributed by atoms with Gasteiger partial charge in [0.2, 0.25) is 0 Å². The summed E-state index contributed by atoms with van der Waals surface area (Å²) >= 11 is 30.1. The smallest absolute Gasteiger partial charge is 0.141 e. The van der Waals surface area contributed by atoms with E-state index < -0.39 is 0 Å². The lowest BCUT2D eigenvalue weighted by molar-refractivity contribution is 1.27. The molecule has 0 spiro atoms. The second-order valence-electron chi connectivity index (χ2n) is 3.46. The summed E-state index contributed by atoms with van der Waals surface area (Å²) in [7, 11) is 0. The van der Waals surface area contributed by atoms with E-state index in [1.54, 1.807) is 18.2 Å². The SMILES string of the molecule is N#Cc1cccc(-c2c(Cl)c(Cl)c(Cl)c(Cl)c2Cl)n1. The summed E-state index contributed by atoms with van der Waals surface area (Å²) in [6.45, 7) is 0. The molecule has 0 fully saturated rings. The molecule has 0 aliphatic heterocycles. The van der Waals surface area contributed by atoms with Crippen molar-refractivity contribution in [3.8, 4) is 17.3 Å². The van der Waals surface area contributed by atoms with Gasteiger partial charge in [0.05, 0.1) is 30.8 Å². The van der Waals surface area contributed by atoms with Crippen molar-refractivity contribution in [2.45, 2.75) is 0 Å². The average molecular weight is 352 g/mol. The highest BCUT2D eigenvalue weighted by Crippen LogP contribution is 2.47. The van der Waals surface area contributed by atoms with Crippen LogP contribution >= 0.6 is 58.0 Å². The number of nitrogens with zero attached hydrogens (tertiary/aromatic N) is 2. The molecule has 0 amide bonds. The Hall–Kier alpha value is -0.690. The number of rotatable bonds is 1. The van der Waals surface area contributed by atoms with Gasteiger partial charge in [-0.15, -0.1) is 0 Å². The Morgan fingerprint density at radius 3 is 1.89 bits per heavy atom. The highest BCUT2D eigenvalue weighted by molar-refractivity contribution is 6.56. The predicted molar refractivity (Wildman–Crippen MR) is 79.4 cm³/mol. The van der Waals surface area contributed by atoms with Gasteiger partial charge in [-0.3, -0.25) is 0 Å². The molecule has 1 aromatic carbocycles. The van der Waals surface area contributed by atoms with Gasteiger partial charge >= 0.3 is 0 Å². The molecule has 0 aliphatic rings. The molecule has 1 heterocycles. The summed E-state index contributed by atoms with van der Waals surface area (Å²) < 4.78 is 0. The molecule has 0 bridgehead atoms. The minimum Gasteiger partial charge on any atom is -0.237 e. The van der Waals surface area contributed by atoms with Crippen LogP contribution in [0.5, 0.6) is 0 Å². The third kappa shape index (κ3) is 2.63. The van der Waals surface area contributed by atoms with E-state index in [2.05, 4.69) is 4.98 Å². The number of hydrogen-bond donors (Lipinski definition) is 0. The first-order valence-electron chi connectivity index (χ1n) is 4.86. The van der Waals surface area contributed by atoms with Gasteiger partial charge in [-0.05, 0) is 12.1 Å². The maximum atomic E-state index is 8.85. The highest BCUT2D eigenvalue weighted by Gasteiger charge is 2.21. The largest absolute Gasteiger partial charge is 0.237 e. The van der Waals surface area contributed by atoms with Crippen molar-refractivity contribution in [3.05, 3.63) is 49.0 Å². The average Bonchev–Trinajstić information content (AvgIpc) is 2.43. The van der Waals surface area contributed by atoms with Crippen molar-refractivity contribution in [2.24, 2.45) is 0 Å². The Bertz CT molecular complexity index is 677. The van der Waals surface area contributed by atoms with E-state index in [1.807, 2.05) is 6.07 Å². The second kappa shape index (κ2) is 5.75. The number of aromatic nitrogens is 1. The van der Waals surface area contributed by atoms with Crippen LogP contribution in [0, 0.1) is 11.3 Å². The van der Waals surface area contributed by atoms with Crippen molar-refractivity contribution in [1.29, 1.82) is 5.26 Å². The molecule has 0 saturated heterocycles. The van der Waals surface area contributed by atoms with Gasteiger partial charge in [0, 0.05) is 5.56 Å². The first-order valence-corrected chi connectivity index (χ1v) is 6.75. The normalized spacial score (nSPS) is 10.3. The van der Waals surface area contributed by atoms with Gasteiger partial charge in [0.25, 0.3) is 0 Å². The van der Waals surface area contributed by atoms with Crippen LogP contribution in [0.15, 0.2) is 18.2 Å². The van der Waals surface area contributed by atoms with Gasteiger partial charge in [-0.25, -0.2) is 4.98 Å². The zero-order valence-electron chi connectivity index (χ0n) is 9.02. The van der Waals surface area contributed by atoms with Gasteiger partial charge in [0.15, 0.2) is 0 Å². The zero-order chi connectivity index (χ0) is 14.2. The lowest BCUT2D eigenvalue weighted by Gasteiger charge is -2.11. The van der Waals surface area contributed by atoms with Crippen LogP contribution in [0.4, 0.5) is 0 Å². The molecule has 19 heavy (non-hydrogen) atoms. The predicted octanol–water partition coefficient (Wildman–Crippen LogP) is 5.89. The Balaban J connectivity index is 2.79. The van der Waals surface area contributed by atoms with E-state index in [0.29, 0.717) is 11.3 Å². The molecular weight excluding hydrogens is 349 g/mol. The van der Waals surface area contributed by atoms with Crippen molar-refractivity contribution >= 4 is 58.0 Å². The summed E-state index contributed by atoms with van der Waals surface area (Å²) in [4.78, 5) is 4.10. The summed E-state index contributed by atoms with van der Waals surface area (Å²) in [6.07, 6.45) is 0. The quantitative estimate of drug-likeness (QED) is 0.474. The molecule has 2 nitrogen and oxygen atoms in total. The summed E-state index contributed by atoms with van der Waals surface area (Å²) in [6, 6.07) is 6.79. The van der Waals surface area contributed by atoms with Crippen LogP contribution in [0.25, 0.3) is 11.3 Å². The van der Waals surface area contributed by atoms with E-state index in [9.17, 15) is 0 Å². The third-order valence-electron chi connectivity index (χ3n) is 2.33. The van der Waals surface area contributed by atoms with Gasteiger partial charge in [-0.2, -0.15) is 5.26 Å². The molecule has 96 valence electrons. The van der Waals surface area contributed by atoms with Crippen LogP contribution in [0.1, 0.15) is 5.69 Å². The van der Waals surface area contributed by atoms with Crippen molar-refractivity contribution in [1.82, 2.24) is 4.98 Å². The first kappa shape index (κ1) is 14.7. The highest BCUT2D eigenvalue weighted by atomic mass is 35.5. The maximum absolute atomic E-state index is 8.85. The summed E-state index contributed by atoms with van der Waals surface area (Å²) in [5.41, 5.74) is 0.973. The number of benzene rings is 1. The molecule has 0 N–H and O–H groups in total. The van der Waals surface area contributed by atoms with Crippen LogP contribution in [0.3, 0.4) is 0 Å². The fourth-order valence-corrected chi connectivity index (χ4v) is 2.80. The van der Waals surface area contributed by atoms with Crippen LogP contribution in [0.2, 0.25) is 25.1 Å². The maximum Gasteiger partial charge on any atom is 0.141 e. The molecule has 1 aromatic heterocycles. The molecule has 7 heteroatoms. The topological polar surface area (TPSA) is 36.7 Å². The van der Waals surface area contributed by atoms with E-state index in [4.69, 9.17) is 63.3 Å². The fraction of sp³-hybridized carbons (Fsp3) is 0. The van der Waals surface area contributed by atoms with Crippen LogP contribution in [-0.2, 0) is 0 Å². The van der Waals surface area contributed by atoms with E-state index in [-0.39, 0.29) is 30.8 Å². The lowest BCUT2D eigenvalue weighted by Crippen LogP contribution is -1.91. The lowest BCUT2D eigenvalue weighted by atomic mass is 10.1. The third-order valence-corrected chi connectivity index (χ3v) is 4.61. The number of nitriles is 1. The van der Waals surface area contributed by atoms with E-state index in [0.717, 1.165) is 0 Å². The van der Waals surface area contributed by atoms with Gasteiger partial charge < -0.3 is 0 Å². The molecule has 0 unspecified atom stereocenters. The van der Waals surface area contributed by atoms with Crippen LogP contribution < -0.4 is 0 Å². The first-order chi connectivity index (χ1) is 8.97. The molecule has 2 rings (SSSR count). The molecule has 2 aromatic rings. The second-order valence-corrected chi connectivity index (χ2v) is 5.35. The Kier molecular flexibility index (Phi) is 4.45.